The van der Waals surface area contributed by atoms with E-state index >= 15 is 0 Å². The first-order valence-electron chi connectivity index (χ1n) is 16.7. The van der Waals surface area contributed by atoms with Gasteiger partial charge in [0.25, 0.3) is 0 Å². The standard InChI is InChI=1S/C38H50N2O7Si/c1-36(2,3)46-35(42)40(24-33(28-12-11-19-39-22-28)47-48(9,10)37(4,5)6)23-29-16-13-27-20-25(15-18-31(27)43-29)26-14-17-30-32(21-26)44-38(7,8)45-34(30)41/h11-12,14-15,17-22,29,33H,13,16,23-24H2,1-10H3/t29-,33?/m0/s1. The van der Waals surface area contributed by atoms with Gasteiger partial charge in [0, 0.05) is 26.2 Å². The topological polar surface area (TPSA) is 96.4 Å². The second-order valence-electron chi connectivity index (χ2n) is 15.7. The first-order chi connectivity index (χ1) is 22.3. The summed E-state index contributed by atoms with van der Waals surface area (Å²) in [6.07, 6.45) is 4.06. The average Bonchev–Trinajstić information content (AvgIpc) is 2.98. The summed E-state index contributed by atoms with van der Waals surface area (Å²) in [6, 6.07) is 15.5. The molecule has 0 radical (unpaired) electrons. The number of aromatic nitrogens is 1. The van der Waals surface area contributed by atoms with Crippen molar-refractivity contribution in [2.24, 2.45) is 0 Å². The lowest BCUT2D eigenvalue weighted by molar-refractivity contribution is -0.127. The Morgan fingerprint density at radius 1 is 1.02 bits per heavy atom. The molecule has 1 unspecified atom stereocenters. The van der Waals surface area contributed by atoms with E-state index < -0.39 is 31.8 Å². The van der Waals surface area contributed by atoms with Gasteiger partial charge >= 0.3 is 12.1 Å². The summed E-state index contributed by atoms with van der Waals surface area (Å²) < 4.78 is 30.7. The van der Waals surface area contributed by atoms with Gasteiger partial charge in [0.15, 0.2) is 8.32 Å². The number of ether oxygens (including phenoxy) is 4. The Kier molecular flexibility index (Phi) is 9.74. The van der Waals surface area contributed by atoms with Gasteiger partial charge in [-0.05, 0) is 104 Å². The van der Waals surface area contributed by atoms with Crippen LogP contribution in [0.15, 0.2) is 60.9 Å². The Morgan fingerprint density at radius 3 is 2.40 bits per heavy atom. The van der Waals surface area contributed by atoms with Gasteiger partial charge in [-0.15, -0.1) is 0 Å². The maximum absolute atomic E-state index is 13.7. The van der Waals surface area contributed by atoms with E-state index in [0.717, 1.165) is 40.8 Å². The van der Waals surface area contributed by atoms with E-state index in [1.807, 2.05) is 63.4 Å². The van der Waals surface area contributed by atoms with E-state index in [2.05, 4.69) is 44.9 Å². The fourth-order valence-electron chi connectivity index (χ4n) is 5.58. The van der Waals surface area contributed by atoms with Crippen molar-refractivity contribution in [1.29, 1.82) is 0 Å². The first kappa shape index (κ1) is 35.4. The number of cyclic esters (lactones) is 1. The van der Waals surface area contributed by atoms with Crippen molar-refractivity contribution in [1.82, 2.24) is 9.88 Å². The van der Waals surface area contributed by atoms with Gasteiger partial charge in [-0.25, -0.2) is 9.59 Å². The Labute approximate surface area is 286 Å². The minimum Gasteiger partial charge on any atom is -0.488 e. The number of carbonyl (C=O) groups is 2. The summed E-state index contributed by atoms with van der Waals surface area (Å²) in [7, 11) is -2.22. The Balaban J connectivity index is 1.36. The Bertz CT molecular complexity index is 1640. The van der Waals surface area contributed by atoms with Crippen LogP contribution >= 0.6 is 0 Å². The van der Waals surface area contributed by atoms with E-state index in [1.54, 1.807) is 31.0 Å². The SMILES string of the molecule is CC(C)(C)OC(=O)N(CC(O[Si](C)(C)C(C)(C)C)c1cccnc1)C[C@@H]1CCc2cc(-c3ccc4c(c3)OC(C)(C)OC4=O)ccc2O1. The molecule has 258 valence electrons. The van der Waals surface area contributed by atoms with Crippen LogP contribution in [0.3, 0.4) is 0 Å². The van der Waals surface area contributed by atoms with Gasteiger partial charge in [-0.1, -0.05) is 39.0 Å². The third-order valence-electron chi connectivity index (χ3n) is 9.08. The molecule has 0 aliphatic carbocycles. The van der Waals surface area contributed by atoms with E-state index in [0.29, 0.717) is 24.4 Å². The highest BCUT2D eigenvalue weighted by atomic mass is 28.4. The zero-order chi connectivity index (χ0) is 35.1. The lowest BCUT2D eigenvalue weighted by atomic mass is 9.96. The molecule has 2 aromatic carbocycles. The Hall–Kier alpha value is -3.89. The normalized spacial score (nSPS) is 18.0. The summed E-state index contributed by atoms with van der Waals surface area (Å²) in [5, 5.41) is -0.0200. The van der Waals surface area contributed by atoms with Crippen molar-refractivity contribution in [3.8, 4) is 22.6 Å². The zero-order valence-corrected chi connectivity index (χ0v) is 31.0. The minimum absolute atomic E-state index is 0.0200. The number of pyridine rings is 1. The van der Waals surface area contributed by atoms with Crippen molar-refractivity contribution in [2.75, 3.05) is 13.1 Å². The number of amides is 1. The molecule has 1 amide bonds. The van der Waals surface area contributed by atoms with Gasteiger partial charge in [0.05, 0.1) is 19.2 Å². The number of esters is 1. The molecular formula is C38H50N2O7Si. The highest BCUT2D eigenvalue weighted by Crippen LogP contribution is 2.41. The van der Waals surface area contributed by atoms with Crippen LogP contribution in [0.1, 0.15) is 89.4 Å². The second kappa shape index (κ2) is 13.2. The van der Waals surface area contributed by atoms with Crippen molar-refractivity contribution in [2.45, 2.75) is 110 Å². The molecule has 10 heteroatoms. The highest BCUT2D eigenvalue weighted by molar-refractivity contribution is 6.74. The summed E-state index contributed by atoms with van der Waals surface area (Å²) in [5.41, 5.74) is 3.69. The summed E-state index contributed by atoms with van der Waals surface area (Å²) in [5.74, 6) is -0.119. The lowest BCUT2D eigenvalue weighted by Crippen LogP contribution is -2.48. The zero-order valence-electron chi connectivity index (χ0n) is 30.0. The summed E-state index contributed by atoms with van der Waals surface area (Å²) in [6.45, 7) is 20.8. The van der Waals surface area contributed by atoms with E-state index in [-0.39, 0.29) is 17.2 Å². The molecular weight excluding hydrogens is 625 g/mol. The lowest BCUT2D eigenvalue weighted by Gasteiger charge is -2.41. The predicted octanol–water partition coefficient (Wildman–Crippen LogP) is 8.73. The van der Waals surface area contributed by atoms with Crippen molar-refractivity contribution < 1.29 is 33.0 Å². The molecule has 9 nitrogen and oxygen atoms in total. The second-order valence-corrected chi connectivity index (χ2v) is 20.5. The molecule has 3 aromatic rings. The molecule has 0 saturated heterocycles. The van der Waals surface area contributed by atoms with E-state index in [4.69, 9.17) is 23.4 Å². The first-order valence-corrected chi connectivity index (χ1v) is 19.6. The number of carbonyl (C=O) groups excluding carboxylic acids is 2. The molecule has 0 saturated carbocycles. The van der Waals surface area contributed by atoms with Crippen molar-refractivity contribution >= 4 is 20.4 Å². The van der Waals surface area contributed by atoms with Gasteiger partial charge < -0.3 is 28.3 Å². The molecule has 48 heavy (non-hydrogen) atoms. The van der Waals surface area contributed by atoms with Crippen LogP contribution in [-0.4, -0.2) is 60.8 Å². The highest BCUT2D eigenvalue weighted by Gasteiger charge is 2.41. The fraction of sp³-hybridized carbons (Fsp3) is 0.500. The number of hydrogen-bond acceptors (Lipinski definition) is 8. The molecule has 0 spiro atoms. The monoisotopic (exact) mass is 674 g/mol. The van der Waals surface area contributed by atoms with Crippen molar-refractivity contribution in [3.05, 3.63) is 77.6 Å². The summed E-state index contributed by atoms with van der Waals surface area (Å²) in [4.78, 5) is 32.2. The third kappa shape index (κ3) is 8.39. The largest absolute Gasteiger partial charge is 0.488 e. The van der Waals surface area contributed by atoms with Crippen LogP contribution in [0.4, 0.5) is 4.79 Å². The molecule has 5 rings (SSSR count). The van der Waals surface area contributed by atoms with E-state index in [9.17, 15) is 9.59 Å². The van der Waals surface area contributed by atoms with Crippen molar-refractivity contribution in [3.63, 3.8) is 0 Å². The molecule has 2 atom stereocenters. The van der Waals surface area contributed by atoms with Crippen LogP contribution < -0.4 is 9.47 Å². The number of hydrogen-bond donors (Lipinski definition) is 0. The summed E-state index contributed by atoms with van der Waals surface area (Å²) >= 11 is 0. The minimum atomic E-state index is -2.22. The quantitative estimate of drug-likeness (QED) is 0.173. The maximum Gasteiger partial charge on any atom is 0.410 e. The number of rotatable bonds is 8. The number of fused-ring (bicyclic) bond motifs is 2. The van der Waals surface area contributed by atoms with E-state index in [1.165, 1.54) is 0 Å². The van der Waals surface area contributed by atoms with Gasteiger partial charge in [-0.2, -0.15) is 0 Å². The predicted molar refractivity (Wildman–Crippen MR) is 188 cm³/mol. The molecule has 2 aliphatic heterocycles. The molecule has 0 fully saturated rings. The van der Waals surface area contributed by atoms with Crippen LogP contribution in [0.25, 0.3) is 11.1 Å². The van der Waals surface area contributed by atoms with Crippen LogP contribution in [0.2, 0.25) is 18.1 Å². The van der Waals surface area contributed by atoms with Gasteiger partial charge in [-0.3, -0.25) is 4.98 Å². The third-order valence-corrected chi connectivity index (χ3v) is 13.6. The molecule has 0 bridgehead atoms. The molecule has 1 aromatic heterocycles. The maximum atomic E-state index is 13.7. The smallest absolute Gasteiger partial charge is 0.410 e. The average molecular weight is 675 g/mol. The number of nitrogens with zero attached hydrogens (tertiary/aromatic N) is 2. The van der Waals surface area contributed by atoms with Gasteiger partial charge in [0.2, 0.25) is 5.79 Å². The van der Waals surface area contributed by atoms with Crippen LogP contribution in [0.5, 0.6) is 11.5 Å². The number of aryl methyl sites for hydroxylation is 1. The molecule has 2 aliphatic rings. The molecule has 3 heterocycles. The molecule has 0 N–H and O–H groups in total. The van der Waals surface area contributed by atoms with Crippen LogP contribution in [0, 0.1) is 0 Å². The van der Waals surface area contributed by atoms with Gasteiger partial charge in [0.1, 0.15) is 28.8 Å². The fourth-order valence-corrected chi connectivity index (χ4v) is 6.85. The Morgan fingerprint density at radius 2 is 1.73 bits per heavy atom. The van der Waals surface area contributed by atoms with Crippen LogP contribution in [-0.2, 0) is 20.3 Å². The number of benzene rings is 2.